The van der Waals surface area contributed by atoms with E-state index >= 15 is 0 Å². The smallest absolute Gasteiger partial charge is 0.390 e. The highest BCUT2D eigenvalue weighted by Gasteiger charge is 2.17. The van der Waals surface area contributed by atoms with E-state index in [2.05, 4.69) is 30.1 Å². The average Bonchev–Trinajstić information content (AvgIpc) is 2.79. The van der Waals surface area contributed by atoms with Crippen molar-refractivity contribution >= 4 is 11.8 Å². The second-order valence-electron chi connectivity index (χ2n) is 2.64. The van der Waals surface area contributed by atoms with Gasteiger partial charge in [0.1, 0.15) is 0 Å². The Balaban J connectivity index is 2.52. The van der Waals surface area contributed by atoms with Crippen LogP contribution >= 0.6 is 0 Å². The third-order valence-corrected chi connectivity index (χ3v) is 1.66. The molecule has 0 saturated carbocycles. The van der Waals surface area contributed by atoms with Crippen LogP contribution in [0.25, 0.3) is 16.3 Å². The van der Waals surface area contributed by atoms with Crippen LogP contribution in [0.1, 0.15) is 0 Å². The number of hydrogen-bond acceptors (Lipinski definition) is 7. The Kier molecular flexibility index (Phi) is 2.58. The van der Waals surface area contributed by atoms with E-state index in [9.17, 15) is 10.1 Å². The third kappa shape index (κ3) is 1.98. The van der Waals surface area contributed by atoms with Crippen molar-refractivity contribution in [3.05, 3.63) is 39.3 Å². The SMILES string of the molecule is [N-]=[N+]=Nc1nccnc1-n1cnc([N+](=O)[O-])n1. The van der Waals surface area contributed by atoms with Gasteiger partial charge >= 0.3 is 5.95 Å². The van der Waals surface area contributed by atoms with Crippen LogP contribution in [-0.2, 0) is 0 Å². The molecule has 0 amide bonds. The first-order chi connectivity index (χ1) is 8.22. The molecule has 2 rings (SSSR count). The molecule has 0 aliphatic heterocycles. The van der Waals surface area contributed by atoms with E-state index in [1.807, 2.05) is 0 Å². The van der Waals surface area contributed by atoms with Crippen molar-refractivity contribution in [1.29, 1.82) is 0 Å². The highest BCUT2D eigenvalue weighted by molar-refractivity contribution is 5.44. The zero-order valence-corrected chi connectivity index (χ0v) is 8.07. The van der Waals surface area contributed by atoms with E-state index in [0.29, 0.717) is 0 Å². The molecule has 2 aromatic rings. The number of nitrogens with zero attached hydrogens (tertiary/aromatic N) is 9. The first-order valence-corrected chi connectivity index (χ1v) is 4.15. The largest absolute Gasteiger partial charge is 0.491 e. The first kappa shape index (κ1) is 10.4. The van der Waals surface area contributed by atoms with Crippen molar-refractivity contribution in [3.63, 3.8) is 0 Å². The van der Waals surface area contributed by atoms with Crippen LogP contribution in [0.4, 0.5) is 11.8 Å². The molecule has 0 atom stereocenters. The minimum Gasteiger partial charge on any atom is -0.390 e. The monoisotopic (exact) mass is 233 g/mol. The van der Waals surface area contributed by atoms with Gasteiger partial charge in [0.05, 0.1) is 0 Å². The second kappa shape index (κ2) is 4.20. The third-order valence-electron chi connectivity index (χ3n) is 1.66. The van der Waals surface area contributed by atoms with Gasteiger partial charge in [-0.15, -0.1) is 4.68 Å². The molecular weight excluding hydrogens is 230 g/mol. The van der Waals surface area contributed by atoms with Gasteiger partial charge in [-0.25, -0.2) is 9.97 Å². The number of aromatic nitrogens is 5. The van der Waals surface area contributed by atoms with Crippen molar-refractivity contribution in [2.45, 2.75) is 0 Å². The fourth-order valence-corrected chi connectivity index (χ4v) is 1.04. The van der Waals surface area contributed by atoms with Gasteiger partial charge in [-0.05, 0) is 15.6 Å². The Labute approximate surface area is 92.5 Å². The second-order valence-corrected chi connectivity index (χ2v) is 2.64. The molecule has 84 valence electrons. The van der Waals surface area contributed by atoms with Crippen LogP contribution in [0, 0.1) is 10.1 Å². The molecule has 0 aliphatic carbocycles. The zero-order chi connectivity index (χ0) is 12.3. The van der Waals surface area contributed by atoms with E-state index in [4.69, 9.17) is 5.53 Å². The highest BCUT2D eigenvalue weighted by Crippen LogP contribution is 2.17. The van der Waals surface area contributed by atoms with E-state index in [-0.39, 0.29) is 11.6 Å². The molecule has 0 aromatic carbocycles. The summed E-state index contributed by atoms with van der Waals surface area (Å²) in [5.74, 6) is -0.566. The van der Waals surface area contributed by atoms with Gasteiger partial charge in [0.2, 0.25) is 6.33 Å². The van der Waals surface area contributed by atoms with Crippen molar-refractivity contribution in [2.24, 2.45) is 5.11 Å². The fraction of sp³-hybridized carbons (Fsp3) is 0. The lowest BCUT2D eigenvalue weighted by molar-refractivity contribution is -0.394. The minimum atomic E-state index is -0.750. The number of nitro groups is 1. The number of azide groups is 1. The molecule has 2 heterocycles. The lowest BCUT2D eigenvalue weighted by atomic mass is 10.6. The highest BCUT2D eigenvalue weighted by atomic mass is 16.6. The van der Waals surface area contributed by atoms with Gasteiger partial charge in [-0.3, -0.25) is 0 Å². The molecule has 0 unspecified atom stereocenters. The summed E-state index contributed by atoms with van der Waals surface area (Å²) in [4.78, 5) is 23.3. The van der Waals surface area contributed by atoms with Crippen LogP contribution in [0.2, 0.25) is 0 Å². The van der Waals surface area contributed by atoms with Crippen LogP contribution in [0.3, 0.4) is 0 Å². The summed E-state index contributed by atoms with van der Waals surface area (Å²) in [6, 6.07) is 0. The maximum Gasteiger partial charge on any atom is 0.491 e. The summed E-state index contributed by atoms with van der Waals surface area (Å²) in [5.41, 5.74) is 8.32. The summed E-state index contributed by atoms with van der Waals surface area (Å²) in [7, 11) is 0. The topological polar surface area (TPSA) is 148 Å². The normalized spacial score (nSPS) is 9.65. The minimum absolute atomic E-state index is 0.0465. The summed E-state index contributed by atoms with van der Waals surface area (Å²) in [5, 5.41) is 17.2. The molecule has 0 fully saturated rings. The summed E-state index contributed by atoms with van der Waals surface area (Å²) >= 11 is 0. The molecule has 0 saturated heterocycles. The number of hydrogen-bond donors (Lipinski definition) is 0. The van der Waals surface area contributed by atoms with Gasteiger partial charge in [0, 0.05) is 22.4 Å². The van der Waals surface area contributed by atoms with E-state index < -0.39 is 10.9 Å². The predicted octanol–water partition coefficient (Wildman–Crippen LogP) is 0.907. The molecular formula is C6H3N9O2. The maximum absolute atomic E-state index is 10.4. The van der Waals surface area contributed by atoms with Crippen molar-refractivity contribution < 1.29 is 4.92 Å². The van der Waals surface area contributed by atoms with Crippen LogP contribution < -0.4 is 0 Å². The van der Waals surface area contributed by atoms with Gasteiger partial charge in [-0.1, -0.05) is 4.98 Å². The Morgan fingerprint density at radius 2 is 2.18 bits per heavy atom. The molecule has 17 heavy (non-hydrogen) atoms. The molecule has 0 spiro atoms. The summed E-state index contributed by atoms with van der Waals surface area (Å²) in [6.07, 6.45) is 3.73. The molecule has 11 heteroatoms. The Bertz CT molecular complexity index is 613. The van der Waals surface area contributed by atoms with Gasteiger partial charge in [0.15, 0.2) is 11.6 Å². The Morgan fingerprint density at radius 3 is 2.82 bits per heavy atom. The zero-order valence-electron chi connectivity index (χ0n) is 8.07. The van der Waals surface area contributed by atoms with Crippen LogP contribution in [-0.4, -0.2) is 29.7 Å². The van der Waals surface area contributed by atoms with Gasteiger partial charge in [-0.2, -0.15) is 0 Å². The molecule has 0 aliphatic rings. The van der Waals surface area contributed by atoms with E-state index in [1.54, 1.807) is 0 Å². The van der Waals surface area contributed by atoms with Crippen LogP contribution in [0.5, 0.6) is 0 Å². The van der Waals surface area contributed by atoms with Gasteiger partial charge < -0.3 is 10.1 Å². The van der Waals surface area contributed by atoms with Crippen molar-refractivity contribution in [3.8, 4) is 5.82 Å². The standard InChI is InChI=1S/C6H3N9O2/c7-13-11-4-5(9-2-1-8-4)14-3-10-6(12-14)15(16)17/h1-3H. The van der Waals surface area contributed by atoms with Gasteiger partial charge in [0.25, 0.3) is 0 Å². The maximum atomic E-state index is 10.4. The molecule has 2 aromatic heterocycles. The first-order valence-electron chi connectivity index (χ1n) is 4.15. The van der Waals surface area contributed by atoms with Crippen molar-refractivity contribution in [1.82, 2.24) is 24.7 Å². The molecule has 0 radical (unpaired) electrons. The fourth-order valence-electron chi connectivity index (χ4n) is 1.04. The summed E-state index contributed by atoms with van der Waals surface area (Å²) < 4.78 is 1.01. The molecule has 0 N–H and O–H groups in total. The number of rotatable bonds is 3. The van der Waals surface area contributed by atoms with E-state index in [1.165, 1.54) is 12.4 Å². The van der Waals surface area contributed by atoms with E-state index in [0.717, 1.165) is 11.0 Å². The average molecular weight is 233 g/mol. The Morgan fingerprint density at radius 1 is 1.41 bits per heavy atom. The lowest BCUT2D eigenvalue weighted by Gasteiger charge is -1.97. The molecule has 11 nitrogen and oxygen atoms in total. The van der Waals surface area contributed by atoms with Crippen LogP contribution in [0.15, 0.2) is 23.8 Å². The predicted molar refractivity (Wildman–Crippen MR) is 52.4 cm³/mol. The molecule has 0 bridgehead atoms. The lowest BCUT2D eigenvalue weighted by Crippen LogP contribution is -2.00. The quantitative estimate of drug-likeness (QED) is 0.253. The van der Waals surface area contributed by atoms with Crippen molar-refractivity contribution in [2.75, 3.05) is 0 Å². The Hall–Kier alpha value is -3.07. The summed E-state index contributed by atoms with van der Waals surface area (Å²) in [6.45, 7) is 0.